The third-order valence-electron chi connectivity index (χ3n) is 3.16. The van der Waals surface area contributed by atoms with E-state index in [1.807, 2.05) is 11.7 Å². The Labute approximate surface area is 95.1 Å². The van der Waals surface area contributed by atoms with E-state index in [0.717, 1.165) is 18.8 Å². The molecule has 1 aromatic carbocycles. The predicted octanol–water partition coefficient (Wildman–Crippen LogP) is 2.00. The first kappa shape index (κ1) is 9.60. The van der Waals surface area contributed by atoms with Gasteiger partial charge in [-0.05, 0) is 13.0 Å². The van der Waals surface area contributed by atoms with Gasteiger partial charge in [-0.1, -0.05) is 23.8 Å². The van der Waals surface area contributed by atoms with Crippen LogP contribution in [0.1, 0.15) is 16.8 Å². The van der Waals surface area contributed by atoms with Crippen LogP contribution in [0.2, 0.25) is 0 Å². The zero-order valence-electron chi connectivity index (χ0n) is 9.62. The molecular weight excluding hydrogens is 198 g/mol. The highest BCUT2D eigenvalue weighted by molar-refractivity contribution is 5.65. The van der Waals surface area contributed by atoms with Gasteiger partial charge in [-0.25, -0.2) is 0 Å². The third-order valence-corrected chi connectivity index (χ3v) is 3.16. The Morgan fingerprint density at radius 2 is 2.19 bits per heavy atom. The SMILES string of the molecule is Cc1cccc(-c2nn(C)c3c2CNC3)c1. The van der Waals surface area contributed by atoms with Gasteiger partial charge in [0.05, 0.1) is 11.4 Å². The number of benzene rings is 1. The molecule has 0 saturated carbocycles. The zero-order valence-corrected chi connectivity index (χ0v) is 9.62. The van der Waals surface area contributed by atoms with Gasteiger partial charge in [0, 0.05) is 31.3 Å². The molecule has 3 rings (SSSR count). The normalized spacial score (nSPS) is 14.1. The molecule has 0 spiro atoms. The lowest BCUT2D eigenvalue weighted by Crippen LogP contribution is -2.06. The van der Waals surface area contributed by atoms with E-state index in [-0.39, 0.29) is 0 Å². The van der Waals surface area contributed by atoms with E-state index in [1.165, 1.54) is 22.4 Å². The molecule has 0 radical (unpaired) electrons. The Hall–Kier alpha value is -1.61. The topological polar surface area (TPSA) is 29.9 Å². The van der Waals surface area contributed by atoms with E-state index in [0.29, 0.717) is 0 Å². The average molecular weight is 213 g/mol. The summed E-state index contributed by atoms with van der Waals surface area (Å²) >= 11 is 0. The summed E-state index contributed by atoms with van der Waals surface area (Å²) in [5.74, 6) is 0. The maximum Gasteiger partial charge on any atom is 0.0971 e. The summed E-state index contributed by atoms with van der Waals surface area (Å²) in [6.45, 7) is 3.99. The number of aromatic nitrogens is 2. The number of hydrogen-bond acceptors (Lipinski definition) is 2. The van der Waals surface area contributed by atoms with Gasteiger partial charge >= 0.3 is 0 Å². The van der Waals surface area contributed by atoms with Gasteiger partial charge in [0.1, 0.15) is 0 Å². The lowest BCUT2D eigenvalue weighted by Gasteiger charge is -2.01. The number of nitrogens with one attached hydrogen (secondary N) is 1. The fourth-order valence-electron chi connectivity index (χ4n) is 2.34. The highest BCUT2D eigenvalue weighted by atomic mass is 15.3. The second kappa shape index (κ2) is 3.46. The van der Waals surface area contributed by atoms with Crippen molar-refractivity contribution < 1.29 is 0 Å². The summed E-state index contributed by atoms with van der Waals surface area (Å²) in [7, 11) is 2.02. The van der Waals surface area contributed by atoms with E-state index in [9.17, 15) is 0 Å². The van der Waals surface area contributed by atoms with Gasteiger partial charge in [-0.15, -0.1) is 0 Å². The molecule has 2 heterocycles. The summed E-state index contributed by atoms with van der Waals surface area (Å²) in [4.78, 5) is 0. The van der Waals surface area contributed by atoms with Crippen molar-refractivity contribution in [1.82, 2.24) is 15.1 Å². The first-order chi connectivity index (χ1) is 7.75. The molecule has 1 aliphatic heterocycles. The van der Waals surface area contributed by atoms with Crippen LogP contribution in [-0.2, 0) is 20.1 Å². The minimum atomic E-state index is 0.935. The fourth-order valence-corrected chi connectivity index (χ4v) is 2.34. The predicted molar refractivity (Wildman–Crippen MR) is 63.9 cm³/mol. The van der Waals surface area contributed by atoms with Gasteiger partial charge in [-0.3, -0.25) is 4.68 Å². The molecule has 1 N–H and O–H groups in total. The van der Waals surface area contributed by atoms with Crippen molar-refractivity contribution in [3.63, 3.8) is 0 Å². The van der Waals surface area contributed by atoms with Crippen LogP contribution in [0, 0.1) is 6.92 Å². The summed E-state index contributed by atoms with van der Waals surface area (Å²) in [6, 6.07) is 8.54. The highest BCUT2D eigenvalue weighted by Gasteiger charge is 2.21. The minimum Gasteiger partial charge on any atom is -0.307 e. The smallest absolute Gasteiger partial charge is 0.0971 e. The molecule has 0 atom stereocenters. The standard InChI is InChI=1S/C13H15N3/c1-9-4-3-5-10(6-9)13-11-7-14-8-12(11)16(2)15-13/h3-6,14H,7-8H2,1-2H3. The molecule has 0 unspecified atom stereocenters. The molecule has 0 bridgehead atoms. The summed E-state index contributed by atoms with van der Waals surface area (Å²) in [5, 5.41) is 7.99. The Bertz CT molecular complexity index is 540. The third kappa shape index (κ3) is 1.36. The Balaban J connectivity index is 2.17. The van der Waals surface area contributed by atoms with Crippen LogP contribution in [0.3, 0.4) is 0 Å². The number of nitrogens with zero attached hydrogens (tertiary/aromatic N) is 2. The van der Waals surface area contributed by atoms with Gasteiger partial charge in [0.15, 0.2) is 0 Å². The molecule has 82 valence electrons. The van der Waals surface area contributed by atoms with Crippen molar-refractivity contribution in [3.05, 3.63) is 41.1 Å². The van der Waals surface area contributed by atoms with Crippen molar-refractivity contribution in [1.29, 1.82) is 0 Å². The molecule has 0 saturated heterocycles. The highest BCUT2D eigenvalue weighted by Crippen LogP contribution is 2.28. The zero-order chi connectivity index (χ0) is 11.1. The van der Waals surface area contributed by atoms with Gasteiger partial charge in [-0.2, -0.15) is 5.10 Å². The quantitative estimate of drug-likeness (QED) is 0.785. The van der Waals surface area contributed by atoms with Crippen molar-refractivity contribution in [3.8, 4) is 11.3 Å². The maximum atomic E-state index is 4.62. The van der Waals surface area contributed by atoms with Crippen molar-refractivity contribution in [2.24, 2.45) is 7.05 Å². The molecular formula is C13H15N3. The number of aryl methyl sites for hydroxylation is 2. The molecule has 16 heavy (non-hydrogen) atoms. The average Bonchev–Trinajstić information content (AvgIpc) is 2.83. The Kier molecular flexibility index (Phi) is 2.07. The monoisotopic (exact) mass is 213 g/mol. The molecule has 0 fully saturated rings. The van der Waals surface area contributed by atoms with E-state index in [1.54, 1.807) is 0 Å². The van der Waals surface area contributed by atoms with Crippen LogP contribution < -0.4 is 5.32 Å². The Morgan fingerprint density at radius 1 is 1.31 bits per heavy atom. The lowest BCUT2D eigenvalue weighted by atomic mass is 10.1. The number of rotatable bonds is 1. The van der Waals surface area contributed by atoms with Gasteiger partial charge in [0.2, 0.25) is 0 Å². The number of fused-ring (bicyclic) bond motifs is 1. The van der Waals surface area contributed by atoms with Crippen LogP contribution in [0.5, 0.6) is 0 Å². The van der Waals surface area contributed by atoms with E-state index in [4.69, 9.17) is 0 Å². The Morgan fingerprint density at radius 3 is 3.00 bits per heavy atom. The van der Waals surface area contributed by atoms with Crippen molar-refractivity contribution in [2.45, 2.75) is 20.0 Å². The van der Waals surface area contributed by atoms with E-state index >= 15 is 0 Å². The van der Waals surface area contributed by atoms with Crippen LogP contribution in [0.25, 0.3) is 11.3 Å². The number of hydrogen-bond donors (Lipinski definition) is 1. The van der Waals surface area contributed by atoms with Crippen molar-refractivity contribution in [2.75, 3.05) is 0 Å². The van der Waals surface area contributed by atoms with Gasteiger partial charge in [0.25, 0.3) is 0 Å². The van der Waals surface area contributed by atoms with Crippen LogP contribution in [0.15, 0.2) is 24.3 Å². The fraction of sp³-hybridized carbons (Fsp3) is 0.308. The summed E-state index contributed by atoms with van der Waals surface area (Å²) < 4.78 is 1.99. The van der Waals surface area contributed by atoms with E-state index in [2.05, 4.69) is 41.6 Å². The second-order valence-electron chi connectivity index (χ2n) is 4.37. The molecule has 2 aromatic rings. The lowest BCUT2D eigenvalue weighted by molar-refractivity contribution is 0.671. The molecule has 1 aliphatic rings. The van der Waals surface area contributed by atoms with Gasteiger partial charge < -0.3 is 5.32 Å². The van der Waals surface area contributed by atoms with Crippen LogP contribution >= 0.6 is 0 Å². The molecule has 1 aromatic heterocycles. The van der Waals surface area contributed by atoms with Crippen molar-refractivity contribution >= 4 is 0 Å². The molecule has 0 aliphatic carbocycles. The minimum absolute atomic E-state index is 0.935. The molecule has 3 heteroatoms. The molecule has 3 nitrogen and oxygen atoms in total. The first-order valence-corrected chi connectivity index (χ1v) is 5.58. The largest absolute Gasteiger partial charge is 0.307 e. The van der Waals surface area contributed by atoms with E-state index < -0.39 is 0 Å². The second-order valence-corrected chi connectivity index (χ2v) is 4.37. The molecule has 0 amide bonds. The summed E-state index contributed by atoms with van der Waals surface area (Å²) in [6.07, 6.45) is 0. The summed E-state index contributed by atoms with van der Waals surface area (Å²) in [5.41, 5.74) is 6.30. The van der Waals surface area contributed by atoms with Crippen LogP contribution in [-0.4, -0.2) is 9.78 Å². The first-order valence-electron chi connectivity index (χ1n) is 5.58. The maximum absolute atomic E-state index is 4.62. The van der Waals surface area contributed by atoms with Crippen LogP contribution in [0.4, 0.5) is 0 Å².